The maximum absolute atomic E-state index is 15.0. The first-order chi connectivity index (χ1) is 15.5. The molecule has 0 N–H and O–H groups in total. The zero-order valence-corrected chi connectivity index (χ0v) is 20.0. The molecule has 2 aromatic carbocycles. The van der Waals surface area contributed by atoms with E-state index in [1.165, 1.54) is 6.07 Å². The summed E-state index contributed by atoms with van der Waals surface area (Å²) in [7, 11) is 5.70. The fourth-order valence-corrected chi connectivity index (χ4v) is 4.48. The van der Waals surface area contributed by atoms with Crippen LogP contribution in [0.1, 0.15) is 13.3 Å². The summed E-state index contributed by atoms with van der Waals surface area (Å²) in [5.41, 5.74) is 1.38. The Labute approximate surface area is 193 Å². The van der Waals surface area contributed by atoms with Crippen molar-refractivity contribution < 1.29 is 13.9 Å². The zero-order valence-electron chi connectivity index (χ0n) is 19.2. The number of hydrogen-bond donors (Lipinski definition) is 0. The standard InChI is InChI=1S/C25H31FN2O3S/c1-5-14-31-22-11-10-21(26)23-24(22)28(13-16-32-15-12-27(2)3)17-20(25(23)29)18-6-8-19(30-4)9-7-18/h6-11,17H,5,12-16H2,1-4H3. The van der Waals surface area contributed by atoms with Crippen LogP contribution in [0.2, 0.25) is 0 Å². The van der Waals surface area contributed by atoms with Gasteiger partial charge in [-0.1, -0.05) is 19.1 Å². The molecule has 0 aliphatic rings. The summed E-state index contributed by atoms with van der Waals surface area (Å²) in [5.74, 6) is 2.56. The van der Waals surface area contributed by atoms with Crippen LogP contribution in [0.4, 0.5) is 4.39 Å². The third kappa shape index (κ3) is 5.64. The molecular formula is C25H31FN2O3S. The van der Waals surface area contributed by atoms with Gasteiger partial charge in [-0.05, 0) is 50.3 Å². The Balaban J connectivity index is 2.09. The average molecular weight is 459 g/mol. The van der Waals surface area contributed by atoms with Gasteiger partial charge >= 0.3 is 0 Å². The number of hydrogen-bond acceptors (Lipinski definition) is 5. The second kappa shape index (κ2) is 11.4. The molecular weight excluding hydrogens is 427 g/mol. The van der Waals surface area contributed by atoms with Crippen LogP contribution < -0.4 is 14.9 Å². The van der Waals surface area contributed by atoms with Crippen LogP contribution in [-0.2, 0) is 6.54 Å². The Bertz CT molecular complexity index is 1100. The summed E-state index contributed by atoms with van der Waals surface area (Å²) < 4.78 is 28.1. The van der Waals surface area contributed by atoms with Crippen molar-refractivity contribution in [3.05, 3.63) is 58.6 Å². The van der Waals surface area contributed by atoms with Crippen molar-refractivity contribution in [1.29, 1.82) is 0 Å². The number of nitrogens with zero attached hydrogens (tertiary/aromatic N) is 2. The molecule has 0 bridgehead atoms. The van der Waals surface area contributed by atoms with Crippen molar-refractivity contribution in [1.82, 2.24) is 9.47 Å². The second-order valence-corrected chi connectivity index (χ2v) is 9.05. The van der Waals surface area contributed by atoms with E-state index in [4.69, 9.17) is 9.47 Å². The van der Waals surface area contributed by atoms with Crippen molar-refractivity contribution in [3.63, 3.8) is 0 Å². The van der Waals surface area contributed by atoms with Gasteiger partial charge < -0.3 is 18.9 Å². The van der Waals surface area contributed by atoms with Gasteiger partial charge in [0.1, 0.15) is 17.3 Å². The van der Waals surface area contributed by atoms with Gasteiger partial charge in [0.15, 0.2) is 5.43 Å². The highest BCUT2D eigenvalue weighted by molar-refractivity contribution is 7.99. The summed E-state index contributed by atoms with van der Waals surface area (Å²) in [4.78, 5) is 15.5. The van der Waals surface area contributed by atoms with Gasteiger partial charge in [-0.3, -0.25) is 4.79 Å². The number of ether oxygens (including phenoxy) is 2. The molecule has 0 atom stereocenters. The minimum absolute atomic E-state index is 0.0743. The Morgan fingerprint density at radius 1 is 1.09 bits per heavy atom. The molecule has 5 nitrogen and oxygen atoms in total. The summed E-state index contributed by atoms with van der Waals surface area (Å²) in [6.45, 7) is 4.16. The molecule has 32 heavy (non-hydrogen) atoms. The van der Waals surface area contributed by atoms with Crippen LogP contribution in [0.25, 0.3) is 22.0 Å². The first-order valence-corrected chi connectivity index (χ1v) is 12.0. The molecule has 1 aromatic heterocycles. The van der Waals surface area contributed by atoms with Crippen molar-refractivity contribution in [2.24, 2.45) is 0 Å². The van der Waals surface area contributed by atoms with E-state index in [0.717, 1.165) is 30.0 Å². The number of thioether (sulfide) groups is 1. The normalized spacial score (nSPS) is 11.3. The number of aryl methyl sites for hydroxylation is 1. The number of rotatable bonds is 11. The first kappa shape index (κ1) is 24.1. The molecule has 0 fully saturated rings. The van der Waals surface area contributed by atoms with Gasteiger partial charge in [-0.2, -0.15) is 11.8 Å². The lowest BCUT2D eigenvalue weighted by Gasteiger charge is -2.18. The van der Waals surface area contributed by atoms with E-state index in [1.807, 2.05) is 41.6 Å². The largest absolute Gasteiger partial charge is 0.497 e. The number of benzene rings is 2. The van der Waals surface area contributed by atoms with Gasteiger partial charge in [0.2, 0.25) is 0 Å². The van der Waals surface area contributed by atoms with E-state index < -0.39 is 5.82 Å². The van der Waals surface area contributed by atoms with Crippen LogP contribution >= 0.6 is 11.8 Å². The summed E-state index contributed by atoms with van der Waals surface area (Å²) in [6.07, 6.45) is 2.66. The van der Waals surface area contributed by atoms with Gasteiger partial charge in [-0.15, -0.1) is 0 Å². The molecule has 7 heteroatoms. The van der Waals surface area contributed by atoms with Crippen LogP contribution in [0, 0.1) is 5.82 Å². The van der Waals surface area contributed by atoms with Crippen molar-refractivity contribution in [2.45, 2.75) is 19.9 Å². The number of pyridine rings is 1. The predicted octanol–water partition coefficient (Wildman–Crippen LogP) is 4.90. The molecule has 3 aromatic rings. The third-order valence-corrected chi connectivity index (χ3v) is 6.10. The van der Waals surface area contributed by atoms with E-state index in [0.29, 0.717) is 35.7 Å². The second-order valence-electron chi connectivity index (χ2n) is 7.83. The minimum Gasteiger partial charge on any atom is -0.497 e. The number of aromatic nitrogens is 1. The first-order valence-electron chi connectivity index (χ1n) is 10.8. The molecule has 0 saturated heterocycles. The molecule has 0 spiro atoms. The maximum Gasteiger partial charge on any atom is 0.200 e. The van der Waals surface area contributed by atoms with E-state index in [1.54, 1.807) is 25.3 Å². The highest BCUT2D eigenvalue weighted by Gasteiger charge is 2.18. The predicted molar refractivity (Wildman–Crippen MR) is 132 cm³/mol. The van der Waals surface area contributed by atoms with Crippen molar-refractivity contribution in [3.8, 4) is 22.6 Å². The molecule has 0 amide bonds. The fraction of sp³-hybridized carbons (Fsp3) is 0.400. The average Bonchev–Trinajstić information content (AvgIpc) is 2.79. The summed E-state index contributed by atoms with van der Waals surface area (Å²) in [5, 5.41) is 0.0743. The summed E-state index contributed by atoms with van der Waals surface area (Å²) >= 11 is 1.83. The van der Waals surface area contributed by atoms with Crippen LogP contribution in [0.3, 0.4) is 0 Å². The van der Waals surface area contributed by atoms with E-state index in [9.17, 15) is 9.18 Å². The number of halogens is 1. The molecule has 0 unspecified atom stereocenters. The van der Waals surface area contributed by atoms with Crippen LogP contribution in [0.15, 0.2) is 47.4 Å². The molecule has 0 aliphatic carbocycles. The van der Waals surface area contributed by atoms with Crippen LogP contribution in [-0.4, -0.2) is 55.3 Å². The smallest absolute Gasteiger partial charge is 0.200 e. The quantitative estimate of drug-likeness (QED) is 0.383. The van der Waals surface area contributed by atoms with Gasteiger partial charge in [0.05, 0.1) is 24.6 Å². The lowest BCUT2D eigenvalue weighted by molar-refractivity contribution is 0.319. The highest BCUT2D eigenvalue weighted by atomic mass is 32.2. The minimum atomic E-state index is -0.529. The molecule has 0 radical (unpaired) electrons. The Kier molecular flexibility index (Phi) is 8.59. The highest BCUT2D eigenvalue weighted by Crippen LogP contribution is 2.30. The van der Waals surface area contributed by atoms with E-state index >= 15 is 0 Å². The molecule has 0 aliphatic heterocycles. The lowest BCUT2D eigenvalue weighted by Crippen LogP contribution is -2.17. The Morgan fingerprint density at radius 2 is 1.84 bits per heavy atom. The number of methoxy groups -OCH3 is 1. The van der Waals surface area contributed by atoms with Gasteiger partial charge in [-0.25, -0.2) is 4.39 Å². The Morgan fingerprint density at radius 3 is 2.50 bits per heavy atom. The molecule has 1 heterocycles. The Hall–Kier alpha value is -2.51. The van der Waals surface area contributed by atoms with Gasteiger partial charge in [0.25, 0.3) is 0 Å². The van der Waals surface area contributed by atoms with E-state index in [2.05, 4.69) is 19.0 Å². The lowest BCUT2D eigenvalue weighted by atomic mass is 10.0. The molecule has 172 valence electrons. The SMILES string of the molecule is CCCOc1ccc(F)c2c(=O)c(-c3ccc(OC)cc3)cn(CCSCCN(C)C)c12. The fourth-order valence-electron chi connectivity index (χ4n) is 3.46. The molecule has 3 rings (SSSR count). The topological polar surface area (TPSA) is 43.7 Å². The summed E-state index contributed by atoms with van der Waals surface area (Å²) in [6, 6.07) is 10.2. The third-order valence-electron chi connectivity index (χ3n) is 5.16. The van der Waals surface area contributed by atoms with Crippen LogP contribution in [0.5, 0.6) is 11.5 Å². The zero-order chi connectivity index (χ0) is 23.1. The molecule has 0 saturated carbocycles. The van der Waals surface area contributed by atoms with E-state index in [-0.39, 0.29) is 10.8 Å². The maximum atomic E-state index is 15.0. The number of fused-ring (bicyclic) bond motifs is 1. The van der Waals surface area contributed by atoms with Crippen molar-refractivity contribution in [2.75, 3.05) is 45.9 Å². The van der Waals surface area contributed by atoms with Crippen molar-refractivity contribution >= 4 is 22.7 Å². The van der Waals surface area contributed by atoms with Gasteiger partial charge in [0, 0.05) is 36.4 Å². The monoisotopic (exact) mass is 458 g/mol.